The van der Waals surface area contributed by atoms with Gasteiger partial charge in [-0.3, -0.25) is 9.69 Å². The molecule has 0 aromatic heterocycles. The van der Waals surface area contributed by atoms with Crippen LogP contribution in [0.5, 0.6) is 0 Å². The number of carbonyl (C=O) groups excluding carboxylic acids is 1. The van der Waals surface area contributed by atoms with Crippen LogP contribution in [0.3, 0.4) is 0 Å². The Hall–Kier alpha value is -0.610. The normalized spacial score (nSPS) is 35.9. The Morgan fingerprint density at radius 2 is 2.20 bits per heavy atom. The minimum absolute atomic E-state index is 0.00706. The van der Waals surface area contributed by atoms with Gasteiger partial charge in [-0.25, -0.2) is 0 Å². The molecule has 4 nitrogen and oxygen atoms in total. The van der Waals surface area contributed by atoms with Crippen molar-refractivity contribution < 1.29 is 4.79 Å². The molecule has 2 rings (SSSR count). The fourth-order valence-corrected chi connectivity index (χ4v) is 2.86. The minimum Gasteiger partial charge on any atom is -0.368 e. The molecule has 2 unspecified atom stereocenters. The van der Waals surface area contributed by atoms with E-state index >= 15 is 0 Å². The lowest BCUT2D eigenvalue weighted by molar-refractivity contribution is -0.132. The number of hydrogen-bond acceptors (Lipinski definition) is 3. The zero-order valence-electron chi connectivity index (χ0n) is 9.62. The number of nitrogens with one attached hydrogen (secondary N) is 1. The van der Waals surface area contributed by atoms with Crippen molar-refractivity contribution in [1.29, 1.82) is 0 Å². The SMILES string of the molecule is CC1(C)CNCCC1N1CCC1C(N)=O. The van der Waals surface area contributed by atoms with Crippen molar-refractivity contribution >= 4 is 5.91 Å². The highest BCUT2D eigenvalue weighted by Crippen LogP contribution is 2.35. The number of rotatable bonds is 2. The average molecular weight is 211 g/mol. The van der Waals surface area contributed by atoms with Crippen molar-refractivity contribution in [2.45, 2.75) is 38.8 Å². The standard InChI is InChI=1S/C11H21N3O/c1-11(2)7-13-5-3-9(11)14-6-4-8(14)10(12)15/h8-9,13H,3-7H2,1-2H3,(H2,12,15). The van der Waals surface area contributed by atoms with Crippen LogP contribution in [-0.2, 0) is 4.79 Å². The molecule has 2 saturated heterocycles. The van der Waals surface area contributed by atoms with Gasteiger partial charge in [-0.1, -0.05) is 13.8 Å². The molecule has 15 heavy (non-hydrogen) atoms. The van der Waals surface area contributed by atoms with Crippen LogP contribution >= 0.6 is 0 Å². The molecule has 1 amide bonds. The zero-order chi connectivity index (χ0) is 11.1. The molecule has 0 radical (unpaired) electrons. The van der Waals surface area contributed by atoms with Gasteiger partial charge in [-0.15, -0.1) is 0 Å². The number of nitrogens with zero attached hydrogens (tertiary/aromatic N) is 1. The maximum Gasteiger partial charge on any atom is 0.234 e. The van der Waals surface area contributed by atoms with Gasteiger partial charge >= 0.3 is 0 Å². The van der Waals surface area contributed by atoms with Gasteiger partial charge in [0, 0.05) is 19.1 Å². The Balaban J connectivity index is 2.06. The summed E-state index contributed by atoms with van der Waals surface area (Å²) in [5.41, 5.74) is 5.63. The summed E-state index contributed by atoms with van der Waals surface area (Å²) in [5, 5.41) is 3.41. The lowest BCUT2D eigenvalue weighted by Crippen LogP contribution is -2.65. The van der Waals surface area contributed by atoms with Crippen LogP contribution in [-0.4, -0.2) is 42.5 Å². The highest BCUT2D eigenvalue weighted by atomic mass is 16.1. The maximum absolute atomic E-state index is 11.2. The van der Waals surface area contributed by atoms with Gasteiger partial charge in [0.1, 0.15) is 0 Å². The Morgan fingerprint density at radius 3 is 2.67 bits per heavy atom. The molecule has 2 atom stereocenters. The number of piperidine rings is 1. The molecule has 3 N–H and O–H groups in total. The second-order valence-corrected chi connectivity index (χ2v) is 5.41. The highest BCUT2D eigenvalue weighted by molar-refractivity contribution is 5.80. The molecule has 0 aromatic rings. The fourth-order valence-electron chi connectivity index (χ4n) is 2.86. The van der Waals surface area contributed by atoms with Gasteiger partial charge in [-0.2, -0.15) is 0 Å². The molecule has 0 bridgehead atoms. The van der Waals surface area contributed by atoms with Crippen LogP contribution in [0.15, 0.2) is 0 Å². The van der Waals surface area contributed by atoms with Crippen LogP contribution in [0.1, 0.15) is 26.7 Å². The molecule has 2 fully saturated rings. The van der Waals surface area contributed by atoms with Crippen molar-refractivity contribution in [3.8, 4) is 0 Å². The zero-order valence-corrected chi connectivity index (χ0v) is 9.62. The Labute approximate surface area is 91.2 Å². The third-order valence-electron chi connectivity index (χ3n) is 3.87. The van der Waals surface area contributed by atoms with Gasteiger partial charge in [0.2, 0.25) is 5.91 Å². The topological polar surface area (TPSA) is 58.4 Å². The number of nitrogens with two attached hydrogens (primary N) is 1. The van der Waals surface area contributed by atoms with E-state index < -0.39 is 0 Å². The molecular formula is C11H21N3O. The van der Waals surface area contributed by atoms with Crippen molar-refractivity contribution in [1.82, 2.24) is 10.2 Å². The Bertz CT molecular complexity index is 265. The van der Waals surface area contributed by atoms with Crippen molar-refractivity contribution in [3.05, 3.63) is 0 Å². The van der Waals surface area contributed by atoms with Crippen LogP contribution in [0.25, 0.3) is 0 Å². The summed E-state index contributed by atoms with van der Waals surface area (Å²) in [6.45, 7) is 7.64. The molecule has 4 heteroatoms. The molecule has 2 heterocycles. The van der Waals surface area contributed by atoms with Crippen molar-refractivity contribution in [2.24, 2.45) is 11.1 Å². The van der Waals surface area contributed by atoms with Gasteiger partial charge in [0.05, 0.1) is 6.04 Å². The lowest BCUT2D eigenvalue weighted by Gasteiger charge is -2.52. The summed E-state index contributed by atoms with van der Waals surface area (Å²) in [5.74, 6) is -0.157. The monoisotopic (exact) mass is 211 g/mol. The van der Waals surface area contributed by atoms with Crippen LogP contribution in [0.4, 0.5) is 0 Å². The van der Waals surface area contributed by atoms with E-state index in [0.717, 1.165) is 32.5 Å². The Morgan fingerprint density at radius 1 is 1.47 bits per heavy atom. The van der Waals surface area contributed by atoms with Gasteiger partial charge < -0.3 is 11.1 Å². The van der Waals surface area contributed by atoms with Crippen LogP contribution in [0, 0.1) is 5.41 Å². The molecule has 0 aliphatic carbocycles. The van der Waals surface area contributed by atoms with Gasteiger partial charge in [0.25, 0.3) is 0 Å². The summed E-state index contributed by atoms with van der Waals surface area (Å²) in [7, 11) is 0. The molecule has 86 valence electrons. The maximum atomic E-state index is 11.2. The Kier molecular flexibility index (Phi) is 2.73. The van der Waals surface area contributed by atoms with E-state index in [-0.39, 0.29) is 17.4 Å². The molecule has 0 saturated carbocycles. The van der Waals surface area contributed by atoms with Crippen LogP contribution < -0.4 is 11.1 Å². The van der Waals surface area contributed by atoms with E-state index in [2.05, 4.69) is 24.1 Å². The van der Waals surface area contributed by atoms with E-state index in [1.807, 2.05) is 0 Å². The fraction of sp³-hybridized carbons (Fsp3) is 0.909. The summed E-state index contributed by atoms with van der Waals surface area (Å²) >= 11 is 0. The smallest absolute Gasteiger partial charge is 0.234 e. The minimum atomic E-state index is -0.157. The number of likely N-dealkylation sites (tertiary alicyclic amines) is 1. The number of amides is 1. The molecule has 0 aromatic carbocycles. The largest absolute Gasteiger partial charge is 0.368 e. The van der Waals surface area contributed by atoms with E-state index in [9.17, 15) is 4.79 Å². The van der Waals surface area contributed by atoms with Crippen molar-refractivity contribution in [2.75, 3.05) is 19.6 Å². The predicted molar refractivity (Wildman–Crippen MR) is 59.4 cm³/mol. The average Bonchev–Trinajstić information content (AvgIpc) is 2.05. The quantitative estimate of drug-likeness (QED) is 0.672. The highest BCUT2D eigenvalue weighted by Gasteiger charge is 2.44. The third-order valence-corrected chi connectivity index (χ3v) is 3.87. The van der Waals surface area contributed by atoms with E-state index in [0.29, 0.717) is 6.04 Å². The number of carbonyl (C=O) groups is 1. The summed E-state index contributed by atoms with van der Waals surface area (Å²) in [6.07, 6.45) is 2.06. The number of hydrogen-bond donors (Lipinski definition) is 2. The van der Waals surface area contributed by atoms with E-state index in [1.54, 1.807) is 0 Å². The van der Waals surface area contributed by atoms with E-state index in [1.165, 1.54) is 0 Å². The molecule has 2 aliphatic heterocycles. The first-order valence-corrected chi connectivity index (χ1v) is 5.78. The molecule has 0 spiro atoms. The van der Waals surface area contributed by atoms with Crippen LogP contribution in [0.2, 0.25) is 0 Å². The first-order chi connectivity index (χ1) is 7.02. The second kappa shape index (κ2) is 3.76. The summed E-state index contributed by atoms with van der Waals surface area (Å²) in [6, 6.07) is 0.498. The lowest BCUT2D eigenvalue weighted by atomic mass is 9.76. The third kappa shape index (κ3) is 1.88. The van der Waals surface area contributed by atoms with Crippen molar-refractivity contribution in [3.63, 3.8) is 0 Å². The van der Waals surface area contributed by atoms with Gasteiger partial charge in [0.15, 0.2) is 0 Å². The summed E-state index contributed by atoms with van der Waals surface area (Å²) in [4.78, 5) is 13.5. The molecule has 2 aliphatic rings. The van der Waals surface area contributed by atoms with Gasteiger partial charge in [-0.05, 0) is 24.8 Å². The first-order valence-electron chi connectivity index (χ1n) is 5.78. The predicted octanol–water partition coefficient (Wildman–Crippen LogP) is -0.0659. The summed E-state index contributed by atoms with van der Waals surface area (Å²) < 4.78 is 0. The first kappa shape index (κ1) is 10.9. The second-order valence-electron chi connectivity index (χ2n) is 5.41. The van der Waals surface area contributed by atoms with E-state index in [4.69, 9.17) is 5.73 Å². The number of primary amides is 1. The molecular weight excluding hydrogens is 190 g/mol.